The number of thiazole rings is 1. The molecule has 10 heteroatoms. The molecular weight excluding hydrogens is 435 g/mol. The number of anilines is 1. The molecule has 2 heterocycles. The number of hydrogen-bond donors (Lipinski definition) is 2. The predicted octanol–water partition coefficient (Wildman–Crippen LogP) is 4.95. The van der Waals surface area contributed by atoms with Gasteiger partial charge in [-0.2, -0.15) is 0 Å². The fourth-order valence-corrected chi connectivity index (χ4v) is 3.51. The third-order valence-electron chi connectivity index (χ3n) is 4.01. The zero-order valence-corrected chi connectivity index (χ0v) is 18.0. The third-order valence-corrected chi connectivity index (χ3v) is 5.56. The summed E-state index contributed by atoms with van der Waals surface area (Å²) in [6.45, 7) is 2.40. The van der Waals surface area contributed by atoms with Gasteiger partial charge in [0.05, 0.1) is 28.5 Å². The minimum atomic E-state index is -0.396. The van der Waals surface area contributed by atoms with Crippen LogP contribution in [0.3, 0.4) is 0 Å². The maximum absolute atomic E-state index is 12.4. The van der Waals surface area contributed by atoms with E-state index in [9.17, 15) is 9.59 Å². The zero-order chi connectivity index (χ0) is 21.0. The number of furan rings is 1. The van der Waals surface area contributed by atoms with Gasteiger partial charge in [0.2, 0.25) is 0 Å². The van der Waals surface area contributed by atoms with Gasteiger partial charge in [-0.25, -0.2) is 9.78 Å². The molecule has 29 heavy (non-hydrogen) atoms. The summed E-state index contributed by atoms with van der Waals surface area (Å²) in [5.74, 6) is 0.0807. The van der Waals surface area contributed by atoms with Crippen molar-refractivity contribution in [3.63, 3.8) is 0 Å². The Hall–Kier alpha value is -2.55. The molecule has 0 saturated heterocycles. The first-order chi connectivity index (χ1) is 13.8. The highest BCUT2D eigenvalue weighted by Gasteiger charge is 2.18. The van der Waals surface area contributed by atoms with Gasteiger partial charge in [0, 0.05) is 24.5 Å². The minimum Gasteiger partial charge on any atom is -0.459 e. The van der Waals surface area contributed by atoms with Gasteiger partial charge in [0.25, 0.3) is 5.91 Å². The van der Waals surface area contributed by atoms with E-state index in [2.05, 4.69) is 15.6 Å². The van der Waals surface area contributed by atoms with Gasteiger partial charge in [-0.1, -0.05) is 29.3 Å². The van der Waals surface area contributed by atoms with Crippen LogP contribution >= 0.6 is 34.5 Å². The number of carbonyl (C=O) groups excluding carboxylic acids is 2. The topological polar surface area (TPSA) is 87.5 Å². The standard InChI is InChI=1S/C19H18Cl2N4O3S/c1-11-5-6-28-16(11)17(26)25(2)9-13-10-29-19(23-13)24-18(27)22-8-12-3-4-14(20)15(21)7-12/h3-7,10H,8-9H2,1-2H3,(H2,22,23,24,27). The van der Waals surface area contributed by atoms with Crippen LogP contribution in [0.25, 0.3) is 0 Å². The number of benzene rings is 1. The number of nitrogens with one attached hydrogen (secondary N) is 2. The average Bonchev–Trinajstić information content (AvgIpc) is 3.30. The summed E-state index contributed by atoms with van der Waals surface area (Å²) in [7, 11) is 1.67. The average molecular weight is 453 g/mol. The van der Waals surface area contributed by atoms with Crippen LogP contribution in [0.4, 0.5) is 9.93 Å². The Morgan fingerprint density at radius 2 is 2.03 bits per heavy atom. The Kier molecular flexibility index (Phi) is 6.79. The second-order valence-electron chi connectivity index (χ2n) is 6.29. The molecule has 3 aromatic rings. The lowest BCUT2D eigenvalue weighted by molar-refractivity contribution is 0.0751. The molecule has 3 amide bonds. The van der Waals surface area contributed by atoms with E-state index in [1.54, 1.807) is 36.7 Å². The van der Waals surface area contributed by atoms with Gasteiger partial charge in [0.1, 0.15) is 0 Å². The molecule has 0 fully saturated rings. The van der Waals surface area contributed by atoms with Crippen LogP contribution in [0.1, 0.15) is 27.4 Å². The molecule has 2 aromatic heterocycles. The summed E-state index contributed by atoms with van der Waals surface area (Å²) in [5.41, 5.74) is 2.26. The maximum Gasteiger partial charge on any atom is 0.321 e. The van der Waals surface area contributed by atoms with Gasteiger partial charge >= 0.3 is 6.03 Å². The van der Waals surface area contributed by atoms with E-state index < -0.39 is 6.03 Å². The molecule has 0 saturated carbocycles. The second-order valence-corrected chi connectivity index (χ2v) is 7.97. The Morgan fingerprint density at radius 3 is 2.72 bits per heavy atom. The molecule has 0 spiro atoms. The number of amides is 3. The lowest BCUT2D eigenvalue weighted by Crippen LogP contribution is -2.28. The van der Waals surface area contributed by atoms with Gasteiger partial charge in [-0.05, 0) is 30.7 Å². The SMILES string of the molecule is Cc1ccoc1C(=O)N(C)Cc1csc(NC(=O)NCc2ccc(Cl)c(Cl)c2)n1. The first-order valence-corrected chi connectivity index (χ1v) is 10.2. The summed E-state index contributed by atoms with van der Waals surface area (Å²) in [6.07, 6.45) is 1.48. The Bertz CT molecular complexity index is 1030. The lowest BCUT2D eigenvalue weighted by atomic mass is 10.2. The number of nitrogens with zero attached hydrogens (tertiary/aromatic N) is 2. The van der Waals surface area contributed by atoms with E-state index in [4.69, 9.17) is 27.6 Å². The molecule has 3 rings (SSSR count). The van der Waals surface area contributed by atoms with E-state index in [-0.39, 0.29) is 5.91 Å². The molecule has 1 aromatic carbocycles. The molecule has 0 aliphatic carbocycles. The first kappa shape index (κ1) is 21.2. The molecule has 0 radical (unpaired) electrons. The molecule has 2 N–H and O–H groups in total. The first-order valence-electron chi connectivity index (χ1n) is 8.56. The normalized spacial score (nSPS) is 10.6. The van der Waals surface area contributed by atoms with Crippen molar-refractivity contribution < 1.29 is 14.0 Å². The van der Waals surface area contributed by atoms with Crippen molar-refractivity contribution in [3.05, 3.63) is 68.5 Å². The van der Waals surface area contributed by atoms with E-state index in [0.717, 1.165) is 11.1 Å². The van der Waals surface area contributed by atoms with Gasteiger partial charge in [0.15, 0.2) is 10.9 Å². The third kappa shape index (κ3) is 5.50. The van der Waals surface area contributed by atoms with E-state index in [1.807, 2.05) is 6.92 Å². The molecule has 152 valence electrons. The number of rotatable bonds is 6. The minimum absolute atomic E-state index is 0.227. The van der Waals surface area contributed by atoms with Crippen LogP contribution in [0, 0.1) is 6.92 Å². The van der Waals surface area contributed by atoms with E-state index in [0.29, 0.717) is 39.7 Å². The summed E-state index contributed by atoms with van der Waals surface area (Å²) in [4.78, 5) is 30.3. The number of hydrogen-bond acceptors (Lipinski definition) is 5. The number of halogens is 2. The fraction of sp³-hybridized carbons (Fsp3) is 0.211. The Morgan fingerprint density at radius 1 is 1.24 bits per heavy atom. The fourth-order valence-electron chi connectivity index (χ4n) is 2.49. The Labute approximate surface area is 181 Å². The molecule has 0 unspecified atom stereocenters. The summed E-state index contributed by atoms with van der Waals surface area (Å²) < 4.78 is 5.23. The molecule has 0 aliphatic rings. The second kappa shape index (κ2) is 9.30. The number of aromatic nitrogens is 1. The summed E-state index contributed by atoms with van der Waals surface area (Å²) in [6, 6.07) is 6.49. The Balaban J connectivity index is 1.51. The van der Waals surface area contributed by atoms with Crippen molar-refractivity contribution in [2.45, 2.75) is 20.0 Å². The highest BCUT2D eigenvalue weighted by Crippen LogP contribution is 2.22. The van der Waals surface area contributed by atoms with Gasteiger partial charge < -0.3 is 14.6 Å². The van der Waals surface area contributed by atoms with Crippen molar-refractivity contribution in [1.82, 2.24) is 15.2 Å². The van der Waals surface area contributed by atoms with E-state index >= 15 is 0 Å². The largest absolute Gasteiger partial charge is 0.459 e. The number of urea groups is 1. The van der Waals surface area contributed by atoms with Crippen molar-refractivity contribution in [1.29, 1.82) is 0 Å². The van der Waals surface area contributed by atoms with Crippen LogP contribution in [0.5, 0.6) is 0 Å². The quantitative estimate of drug-likeness (QED) is 0.553. The van der Waals surface area contributed by atoms with Crippen molar-refractivity contribution in [3.8, 4) is 0 Å². The van der Waals surface area contributed by atoms with Crippen molar-refractivity contribution in [2.75, 3.05) is 12.4 Å². The van der Waals surface area contributed by atoms with Crippen molar-refractivity contribution in [2.24, 2.45) is 0 Å². The maximum atomic E-state index is 12.4. The molecule has 0 atom stereocenters. The highest BCUT2D eigenvalue weighted by atomic mass is 35.5. The zero-order valence-electron chi connectivity index (χ0n) is 15.7. The van der Waals surface area contributed by atoms with Crippen LogP contribution in [-0.4, -0.2) is 28.9 Å². The van der Waals surface area contributed by atoms with Crippen LogP contribution in [0.2, 0.25) is 10.0 Å². The van der Waals surface area contributed by atoms with Crippen molar-refractivity contribution >= 4 is 51.6 Å². The summed E-state index contributed by atoms with van der Waals surface area (Å²) >= 11 is 13.1. The molecular formula is C19H18Cl2N4O3S. The van der Waals surface area contributed by atoms with Crippen LogP contribution in [0.15, 0.2) is 40.3 Å². The molecule has 0 bridgehead atoms. The van der Waals surface area contributed by atoms with Gasteiger partial charge in [-0.3, -0.25) is 10.1 Å². The lowest BCUT2D eigenvalue weighted by Gasteiger charge is -2.14. The number of aryl methyl sites for hydroxylation is 1. The summed E-state index contributed by atoms with van der Waals surface area (Å²) in [5, 5.41) is 8.51. The number of carbonyl (C=O) groups is 2. The van der Waals surface area contributed by atoms with E-state index in [1.165, 1.54) is 22.5 Å². The predicted molar refractivity (Wildman–Crippen MR) is 114 cm³/mol. The van der Waals surface area contributed by atoms with Crippen LogP contribution < -0.4 is 10.6 Å². The highest BCUT2D eigenvalue weighted by molar-refractivity contribution is 7.13. The smallest absolute Gasteiger partial charge is 0.321 e. The van der Waals surface area contributed by atoms with Gasteiger partial charge in [-0.15, -0.1) is 11.3 Å². The molecule has 7 nitrogen and oxygen atoms in total. The van der Waals surface area contributed by atoms with Crippen LogP contribution in [-0.2, 0) is 13.1 Å². The monoisotopic (exact) mass is 452 g/mol. The molecule has 0 aliphatic heterocycles.